The highest BCUT2D eigenvalue weighted by molar-refractivity contribution is 5.82. The van der Waals surface area contributed by atoms with Crippen LogP contribution in [0.5, 0.6) is 0 Å². The summed E-state index contributed by atoms with van der Waals surface area (Å²) in [5.74, 6) is 1.14. The lowest BCUT2D eigenvalue weighted by Crippen LogP contribution is -2.43. The van der Waals surface area contributed by atoms with Gasteiger partial charge in [0.2, 0.25) is 0 Å². The van der Waals surface area contributed by atoms with Crippen molar-refractivity contribution in [3.05, 3.63) is 0 Å². The molecule has 1 heterocycles. The molecule has 2 heteroatoms. The molecule has 1 saturated heterocycles. The second kappa shape index (κ2) is 2.84. The van der Waals surface area contributed by atoms with Crippen LogP contribution in [0, 0.1) is 11.3 Å². The Kier molecular flexibility index (Phi) is 2.21. The predicted molar refractivity (Wildman–Crippen MR) is 48.0 cm³/mol. The zero-order chi connectivity index (χ0) is 8.48. The molecule has 1 fully saturated rings. The largest absolute Gasteiger partial charge is 0.369 e. The van der Waals surface area contributed by atoms with Crippen LogP contribution in [-0.2, 0) is 0 Å². The Bertz CT molecular complexity index is 161. The van der Waals surface area contributed by atoms with Crippen molar-refractivity contribution in [1.29, 1.82) is 5.41 Å². The van der Waals surface area contributed by atoms with Gasteiger partial charge >= 0.3 is 0 Å². The van der Waals surface area contributed by atoms with E-state index in [4.69, 9.17) is 5.41 Å². The lowest BCUT2D eigenvalue weighted by atomic mass is 9.98. The molecular formula is C9H18N2. The topological polar surface area (TPSA) is 35.9 Å². The number of nitrogens with one attached hydrogen (secondary N) is 2. The molecule has 0 spiro atoms. The standard InChI is InChI=1S/C9H18N2/c1-7-5-4-6-9(2,3)11-8(7)10/h7H,4-6H2,1-3H3,(H2,10,11). The van der Waals surface area contributed by atoms with Crippen LogP contribution in [0.25, 0.3) is 0 Å². The molecule has 1 unspecified atom stereocenters. The van der Waals surface area contributed by atoms with E-state index in [-0.39, 0.29) is 5.54 Å². The summed E-state index contributed by atoms with van der Waals surface area (Å²) in [5.41, 5.74) is 0.141. The van der Waals surface area contributed by atoms with Gasteiger partial charge in [-0.25, -0.2) is 0 Å². The lowest BCUT2D eigenvalue weighted by Gasteiger charge is -2.25. The van der Waals surface area contributed by atoms with Gasteiger partial charge in [-0.1, -0.05) is 13.3 Å². The van der Waals surface area contributed by atoms with Crippen LogP contribution in [0.1, 0.15) is 40.0 Å². The Morgan fingerprint density at radius 2 is 2.18 bits per heavy atom. The summed E-state index contributed by atoms with van der Waals surface area (Å²) in [6.45, 7) is 6.45. The van der Waals surface area contributed by atoms with Gasteiger partial charge < -0.3 is 5.32 Å². The number of rotatable bonds is 0. The Labute approximate surface area is 68.9 Å². The van der Waals surface area contributed by atoms with Gasteiger partial charge in [0, 0.05) is 11.5 Å². The first-order valence-corrected chi connectivity index (χ1v) is 4.38. The molecule has 1 aliphatic rings. The normalized spacial score (nSPS) is 30.8. The van der Waals surface area contributed by atoms with E-state index in [1.807, 2.05) is 0 Å². The maximum absolute atomic E-state index is 7.68. The molecule has 1 rings (SSSR count). The minimum Gasteiger partial charge on any atom is -0.369 e. The molecule has 2 nitrogen and oxygen atoms in total. The molecule has 0 bridgehead atoms. The van der Waals surface area contributed by atoms with E-state index in [1.165, 1.54) is 12.8 Å². The minimum atomic E-state index is 0.141. The van der Waals surface area contributed by atoms with Crippen molar-refractivity contribution in [3.63, 3.8) is 0 Å². The smallest absolute Gasteiger partial charge is 0.0964 e. The predicted octanol–water partition coefficient (Wildman–Crippen LogP) is 2.15. The van der Waals surface area contributed by atoms with Gasteiger partial charge in [-0.05, 0) is 26.7 Å². The Morgan fingerprint density at radius 1 is 1.55 bits per heavy atom. The fourth-order valence-electron chi connectivity index (χ4n) is 1.54. The van der Waals surface area contributed by atoms with E-state index in [0.717, 1.165) is 6.42 Å². The molecular weight excluding hydrogens is 136 g/mol. The van der Waals surface area contributed by atoms with Gasteiger partial charge in [0.05, 0.1) is 5.84 Å². The Morgan fingerprint density at radius 3 is 2.82 bits per heavy atom. The first kappa shape index (κ1) is 8.57. The van der Waals surface area contributed by atoms with Crippen molar-refractivity contribution in [3.8, 4) is 0 Å². The first-order chi connectivity index (χ1) is 5.01. The highest BCUT2D eigenvalue weighted by atomic mass is 15.0. The van der Waals surface area contributed by atoms with Crippen LogP contribution < -0.4 is 5.32 Å². The molecule has 11 heavy (non-hydrogen) atoms. The first-order valence-electron chi connectivity index (χ1n) is 4.38. The van der Waals surface area contributed by atoms with Crippen LogP contribution in [0.4, 0.5) is 0 Å². The second-order valence-electron chi connectivity index (χ2n) is 4.22. The molecule has 1 aliphatic heterocycles. The third kappa shape index (κ3) is 2.21. The van der Waals surface area contributed by atoms with Crippen molar-refractivity contribution < 1.29 is 0 Å². The highest BCUT2D eigenvalue weighted by Gasteiger charge is 2.24. The van der Waals surface area contributed by atoms with Crippen molar-refractivity contribution in [2.45, 2.75) is 45.6 Å². The van der Waals surface area contributed by atoms with E-state index < -0.39 is 0 Å². The molecule has 0 aliphatic carbocycles. The molecule has 0 amide bonds. The average molecular weight is 154 g/mol. The Hall–Kier alpha value is -0.530. The summed E-state index contributed by atoms with van der Waals surface area (Å²) in [7, 11) is 0. The summed E-state index contributed by atoms with van der Waals surface area (Å²) in [6, 6.07) is 0. The molecule has 0 saturated carbocycles. The molecule has 0 aromatic rings. The fraction of sp³-hybridized carbons (Fsp3) is 0.889. The summed E-state index contributed by atoms with van der Waals surface area (Å²) in [4.78, 5) is 0. The van der Waals surface area contributed by atoms with E-state index in [9.17, 15) is 0 Å². The van der Waals surface area contributed by atoms with Gasteiger partial charge in [-0.3, -0.25) is 5.41 Å². The summed E-state index contributed by atoms with van der Waals surface area (Å²) < 4.78 is 0. The molecule has 1 atom stereocenters. The summed E-state index contributed by atoms with van der Waals surface area (Å²) in [5, 5.41) is 10.9. The van der Waals surface area contributed by atoms with Gasteiger partial charge in [0.1, 0.15) is 0 Å². The van der Waals surface area contributed by atoms with E-state index in [0.29, 0.717) is 11.8 Å². The Balaban J connectivity index is 2.63. The van der Waals surface area contributed by atoms with Crippen molar-refractivity contribution in [2.24, 2.45) is 5.92 Å². The molecule has 0 aromatic heterocycles. The van der Waals surface area contributed by atoms with Gasteiger partial charge in [0.15, 0.2) is 0 Å². The van der Waals surface area contributed by atoms with Crippen LogP contribution in [-0.4, -0.2) is 11.4 Å². The second-order valence-corrected chi connectivity index (χ2v) is 4.22. The number of hydrogen-bond acceptors (Lipinski definition) is 1. The molecule has 0 radical (unpaired) electrons. The van der Waals surface area contributed by atoms with Gasteiger partial charge in [0.25, 0.3) is 0 Å². The molecule has 2 N–H and O–H groups in total. The van der Waals surface area contributed by atoms with E-state index in [1.54, 1.807) is 0 Å². The number of hydrogen-bond donors (Lipinski definition) is 2. The average Bonchev–Trinajstić information content (AvgIpc) is 1.93. The van der Waals surface area contributed by atoms with Crippen LogP contribution >= 0.6 is 0 Å². The van der Waals surface area contributed by atoms with Crippen LogP contribution in [0.15, 0.2) is 0 Å². The van der Waals surface area contributed by atoms with Crippen LogP contribution in [0.2, 0.25) is 0 Å². The van der Waals surface area contributed by atoms with Crippen molar-refractivity contribution in [1.82, 2.24) is 5.32 Å². The number of amidine groups is 1. The SMILES string of the molecule is CC1CCCC(C)(C)NC1=N. The minimum absolute atomic E-state index is 0.141. The molecule has 0 aromatic carbocycles. The quantitative estimate of drug-likeness (QED) is 0.551. The monoisotopic (exact) mass is 154 g/mol. The summed E-state index contributed by atoms with van der Waals surface area (Å²) in [6.07, 6.45) is 3.58. The van der Waals surface area contributed by atoms with E-state index in [2.05, 4.69) is 26.1 Å². The third-order valence-corrected chi connectivity index (χ3v) is 2.40. The maximum Gasteiger partial charge on any atom is 0.0964 e. The third-order valence-electron chi connectivity index (χ3n) is 2.40. The maximum atomic E-state index is 7.68. The fourth-order valence-corrected chi connectivity index (χ4v) is 1.54. The zero-order valence-electron chi connectivity index (χ0n) is 7.70. The summed E-state index contributed by atoms with van der Waals surface area (Å²) >= 11 is 0. The van der Waals surface area contributed by atoms with Gasteiger partial charge in [-0.2, -0.15) is 0 Å². The van der Waals surface area contributed by atoms with E-state index >= 15 is 0 Å². The van der Waals surface area contributed by atoms with Crippen molar-refractivity contribution >= 4 is 5.84 Å². The zero-order valence-corrected chi connectivity index (χ0v) is 7.70. The van der Waals surface area contributed by atoms with Crippen molar-refractivity contribution in [2.75, 3.05) is 0 Å². The van der Waals surface area contributed by atoms with Crippen LogP contribution in [0.3, 0.4) is 0 Å². The van der Waals surface area contributed by atoms with Gasteiger partial charge in [-0.15, -0.1) is 0 Å². The molecule has 64 valence electrons. The lowest BCUT2D eigenvalue weighted by molar-refractivity contribution is 0.422. The highest BCUT2D eigenvalue weighted by Crippen LogP contribution is 2.21.